The zero-order valence-corrected chi connectivity index (χ0v) is 26.8. The van der Waals surface area contributed by atoms with E-state index in [-0.39, 0.29) is 83.7 Å². The quantitative estimate of drug-likeness (QED) is 0.0466. The van der Waals surface area contributed by atoms with Crippen molar-refractivity contribution in [3.05, 3.63) is 42.4 Å². The fourth-order valence-electron chi connectivity index (χ4n) is 2.97. The number of hydrogen-bond donors (Lipinski definition) is 5. The zero-order chi connectivity index (χ0) is 25.8. The van der Waals surface area contributed by atoms with Crippen LogP contribution in [0.5, 0.6) is 0 Å². The third-order valence-corrected chi connectivity index (χ3v) is 5.63. The molecule has 35 heavy (non-hydrogen) atoms. The number of hydrogen-bond acceptors (Lipinski definition) is 10. The van der Waals surface area contributed by atoms with Gasteiger partial charge in [0.1, 0.15) is 6.10 Å². The maximum atomic E-state index is 10.7. The molecule has 0 aromatic rings. The van der Waals surface area contributed by atoms with Gasteiger partial charge in [0.15, 0.2) is 0 Å². The molecule has 3 saturated heterocycles. The summed E-state index contributed by atoms with van der Waals surface area (Å²) in [7, 11) is 0. The van der Waals surface area contributed by atoms with E-state index in [4.69, 9.17) is 32.3 Å². The van der Waals surface area contributed by atoms with Gasteiger partial charge in [-0.15, -0.1) is 20.2 Å². The van der Waals surface area contributed by atoms with E-state index >= 15 is 0 Å². The minimum Gasteiger partial charge on any atom is -0.634 e. The maximum absolute atomic E-state index is 10.7. The largest absolute Gasteiger partial charge is 0.634 e. The Morgan fingerprint density at radius 1 is 0.829 bits per heavy atom. The van der Waals surface area contributed by atoms with Crippen molar-refractivity contribution in [1.29, 1.82) is 5.26 Å². The number of rotatable bonds is 2. The second-order valence-electron chi connectivity index (χ2n) is 7.29. The summed E-state index contributed by atoms with van der Waals surface area (Å²) in [5.74, 6) is 0. The van der Waals surface area contributed by atoms with Crippen LogP contribution in [0, 0.1) is 91.7 Å². The van der Waals surface area contributed by atoms with E-state index in [2.05, 4.69) is 20.8 Å². The monoisotopic (exact) mass is 881 g/mol. The van der Waals surface area contributed by atoms with Gasteiger partial charge in [-0.25, -0.2) is 0 Å². The fraction of sp³-hybridized carbons (Fsp3) is 0.938. The van der Waals surface area contributed by atoms with Crippen LogP contribution in [0.25, 0.3) is 0 Å². The molecule has 3 fully saturated rings. The Hall–Kier alpha value is 0.272. The predicted octanol–water partition coefficient (Wildman–Crippen LogP) is -3.06. The average Bonchev–Trinajstić information content (AvgIpc) is 2.76. The maximum Gasteiger partial charge on any atom is 0.294 e. The smallest absolute Gasteiger partial charge is 0.294 e. The second kappa shape index (κ2) is 27.3. The van der Waals surface area contributed by atoms with E-state index in [1.807, 2.05) is 0 Å². The summed E-state index contributed by atoms with van der Waals surface area (Å²) in [4.78, 5) is 23.1. The van der Waals surface area contributed by atoms with E-state index in [1.165, 1.54) is 0 Å². The first-order valence-electron chi connectivity index (χ1n) is 10.2. The van der Waals surface area contributed by atoms with Crippen molar-refractivity contribution >= 4 is 15.9 Å². The Balaban J connectivity index is -0.000000183. The number of piperidine rings is 3. The van der Waals surface area contributed by atoms with Gasteiger partial charge in [0.05, 0.1) is 45.4 Å². The molecule has 3 heterocycles. The molecular formula is C16H32AcAgBrN6O10-. The Morgan fingerprint density at radius 3 is 1.37 bits per heavy atom. The first kappa shape index (κ1) is 42.4. The van der Waals surface area contributed by atoms with Crippen molar-refractivity contribution in [3.63, 3.8) is 0 Å². The van der Waals surface area contributed by atoms with Gasteiger partial charge < -0.3 is 57.8 Å². The van der Waals surface area contributed by atoms with Crippen molar-refractivity contribution in [3.8, 4) is 0 Å². The summed E-state index contributed by atoms with van der Waals surface area (Å²) in [5, 5.41) is 70.5. The van der Waals surface area contributed by atoms with Crippen molar-refractivity contribution in [2.45, 2.75) is 55.6 Å². The molecule has 2 radical (unpaired) electrons. The Bertz CT molecular complexity index is 494. The van der Waals surface area contributed by atoms with Crippen LogP contribution in [0.1, 0.15) is 38.5 Å². The number of aliphatic hydroxyl groups is 1. The minimum absolute atomic E-state index is 0. The number of hydroxylamine groups is 6. The van der Waals surface area contributed by atoms with Crippen LogP contribution < -0.4 is 15.2 Å². The van der Waals surface area contributed by atoms with Gasteiger partial charge in [0.25, 0.3) is 10.2 Å². The van der Waals surface area contributed by atoms with Gasteiger partial charge in [-0.1, -0.05) is 15.9 Å². The molecule has 0 spiro atoms. The summed E-state index contributed by atoms with van der Waals surface area (Å²) < 4.78 is 0. The van der Waals surface area contributed by atoms with E-state index in [1.54, 1.807) is 0 Å². The molecule has 0 aromatic heterocycles. The van der Waals surface area contributed by atoms with E-state index in [0.717, 1.165) is 25.9 Å². The van der Waals surface area contributed by atoms with Crippen molar-refractivity contribution in [1.82, 2.24) is 0 Å². The molecule has 0 amide bonds. The van der Waals surface area contributed by atoms with Gasteiger partial charge in [-0.2, -0.15) is 0 Å². The van der Waals surface area contributed by atoms with Gasteiger partial charge in [0, 0.05) is 110 Å². The normalized spacial score (nSPS) is 28.8. The van der Waals surface area contributed by atoms with Crippen LogP contribution in [0.4, 0.5) is 0 Å². The molecule has 208 valence electrons. The summed E-state index contributed by atoms with van der Waals surface area (Å²) in [5.41, 5.74) is 0. The van der Waals surface area contributed by atoms with Crippen molar-refractivity contribution in [2.75, 3.05) is 39.3 Å². The summed E-state index contributed by atoms with van der Waals surface area (Å²) in [6.45, 7) is 8.32. The molecule has 3 rings (SSSR count). The zero-order valence-electron chi connectivity index (χ0n) is 19.0. The van der Waals surface area contributed by atoms with Gasteiger partial charge in [-0.3, -0.25) is 0 Å². The Labute approximate surface area is 263 Å². The van der Waals surface area contributed by atoms with Gasteiger partial charge in [0.2, 0.25) is 0 Å². The predicted molar refractivity (Wildman–Crippen MR) is 114 cm³/mol. The van der Waals surface area contributed by atoms with Crippen LogP contribution in [-0.2, 0) is 27.2 Å². The first-order valence-corrected chi connectivity index (χ1v) is 11.1. The third-order valence-electron chi connectivity index (χ3n) is 4.71. The van der Waals surface area contributed by atoms with Crippen LogP contribution >= 0.6 is 15.9 Å². The van der Waals surface area contributed by atoms with E-state index in [0.29, 0.717) is 66.8 Å². The molecule has 0 aliphatic carbocycles. The number of nitrogens with one attached hydrogen (secondary N) is 3. The standard InChI is InChI=1S/C5H10BrNO.C5H10N2O4.C5H11NO2.CN.Ac.Ag.HNO3/c6-5-1-3-7(8)4-2-5;8-6-3-1-5(2-4-6)11-7(9)10;7-5-1-3-6(8)4-2-5;1-2;;;2-1(3)4/h5,7H,1-4H2;5-6H,1-4H2;5-7H,1-4H2;;;;(H,2,3,4)/q;;;-1;;;. The fourth-order valence-corrected chi connectivity index (χ4v) is 3.43. The SMILES string of the molecule is O=[N+]([O-])O.O=[N+]([O-])OC1CC[NH+]([O-])CC1.[Ac].[Ag].[C-]#N.[O-][NH+]1CCC(Br)CC1.[O-][NH+]1CCC(O)CC1. The van der Waals surface area contributed by atoms with Crippen molar-refractivity contribution in [2.24, 2.45) is 0 Å². The number of halogens is 1. The van der Waals surface area contributed by atoms with E-state index < -0.39 is 10.2 Å². The molecule has 0 unspecified atom stereocenters. The molecule has 19 heteroatoms. The number of alkyl halides is 1. The topological polar surface area (TPSA) is 242 Å². The number of quaternary nitrogens is 3. The van der Waals surface area contributed by atoms with Crippen LogP contribution in [0.15, 0.2) is 0 Å². The van der Waals surface area contributed by atoms with Crippen LogP contribution in [-0.4, -0.2) is 76.8 Å². The first-order chi connectivity index (χ1) is 15.5. The average molecular weight is 883 g/mol. The summed E-state index contributed by atoms with van der Waals surface area (Å²) >= 11 is 3.46. The van der Waals surface area contributed by atoms with Crippen LogP contribution in [0.3, 0.4) is 0 Å². The Kier molecular flexibility index (Phi) is 33.1. The molecule has 0 bridgehead atoms. The third kappa shape index (κ3) is 30.4. The number of nitrogens with zero attached hydrogens (tertiary/aromatic N) is 3. The molecule has 16 nitrogen and oxygen atoms in total. The Morgan fingerprint density at radius 2 is 1.11 bits per heavy atom. The van der Waals surface area contributed by atoms with Gasteiger partial charge >= 0.3 is 0 Å². The number of aliphatic hydroxyl groups excluding tert-OH is 1. The van der Waals surface area contributed by atoms with Crippen molar-refractivity contribution < 1.29 is 107 Å². The van der Waals surface area contributed by atoms with Gasteiger partial charge in [-0.05, 0) is 0 Å². The summed E-state index contributed by atoms with van der Waals surface area (Å²) in [6.07, 6.45) is 3.85. The molecular weight excluding hydrogens is 851 g/mol. The molecule has 5 N–H and O–H groups in total. The molecule has 0 aromatic carbocycles. The molecule has 0 saturated carbocycles. The van der Waals surface area contributed by atoms with Crippen LogP contribution in [0.2, 0.25) is 0 Å². The molecule has 3 aliphatic rings. The molecule has 0 atom stereocenters. The van der Waals surface area contributed by atoms with E-state index in [9.17, 15) is 25.7 Å². The molecule has 3 aliphatic heterocycles. The summed E-state index contributed by atoms with van der Waals surface area (Å²) in [6, 6.07) is 0. The minimum atomic E-state index is -1.50. The second-order valence-corrected chi connectivity index (χ2v) is 8.58.